The van der Waals surface area contributed by atoms with Gasteiger partial charge in [0, 0.05) is 35.2 Å². The van der Waals surface area contributed by atoms with Gasteiger partial charge in [-0.3, -0.25) is 9.36 Å². The van der Waals surface area contributed by atoms with Crippen molar-refractivity contribution in [3.05, 3.63) is 99.0 Å². The van der Waals surface area contributed by atoms with E-state index >= 15 is 0 Å². The first-order chi connectivity index (χ1) is 16.9. The van der Waals surface area contributed by atoms with Gasteiger partial charge in [-0.05, 0) is 42.8 Å². The SMILES string of the molecule is CCOc1ccccc1-n1c(-c2ccc([NH+]([O-])O)cc2)csc1=NC(=O)c1cccc([NH+]([O-])O)c1. The fourth-order valence-electron chi connectivity index (χ4n) is 3.46. The van der Waals surface area contributed by atoms with Crippen LogP contribution >= 0.6 is 11.3 Å². The number of carbonyl (C=O) groups is 1. The Morgan fingerprint density at radius 2 is 1.71 bits per heavy atom. The van der Waals surface area contributed by atoms with Crippen molar-refractivity contribution < 1.29 is 30.4 Å². The summed E-state index contributed by atoms with van der Waals surface area (Å²) in [6.45, 7) is 2.29. The number of nitrogens with one attached hydrogen (secondary N) is 2. The van der Waals surface area contributed by atoms with Crippen LogP contribution in [0.15, 0.2) is 83.2 Å². The number of benzene rings is 3. The van der Waals surface area contributed by atoms with Crippen molar-refractivity contribution in [2.75, 3.05) is 6.61 Å². The lowest BCUT2D eigenvalue weighted by atomic mass is 10.1. The fraction of sp³-hybridized carbons (Fsp3) is 0.0833. The van der Waals surface area contributed by atoms with E-state index in [0.29, 0.717) is 28.5 Å². The third kappa shape index (κ3) is 5.37. The minimum Gasteiger partial charge on any atom is -0.595 e. The number of quaternary nitrogens is 2. The molecule has 3 aromatic carbocycles. The molecular formula is C24H22N4O6S. The summed E-state index contributed by atoms with van der Waals surface area (Å²) in [5.74, 6) is -0.0102. The molecular weight excluding hydrogens is 472 g/mol. The summed E-state index contributed by atoms with van der Waals surface area (Å²) >= 11 is 1.22. The summed E-state index contributed by atoms with van der Waals surface area (Å²) in [7, 11) is 0. The zero-order valence-electron chi connectivity index (χ0n) is 18.5. The molecule has 4 aromatic rings. The van der Waals surface area contributed by atoms with Gasteiger partial charge in [-0.1, -0.05) is 18.2 Å². The number of amides is 1. The first-order valence-corrected chi connectivity index (χ1v) is 11.5. The Labute approximate surface area is 203 Å². The molecule has 0 aliphatic rings. The maximum Gasteiger partial charge on any atom is 0.279 e. The fourth-order valence-corrected chi connectivity index (χ4v) is 4.36. The lowest BCUT2D eigenvalue weighted by molar-refractivity contribution is -0.991. The minimum absolute atomic E-state index is 0.00833. The monoisotopic (exact) mass is 494 g/mol. The van der Waals surface area contributed by atoms with Crippen LogP contribution in [0.5, 0.6) is 5.75 Å². The number of rotatable bonds is 7. The van der Waals surface area contributed by atoms with E-state index in [2.05, 4.69) is 4.99 Å². The number of hydrogen-bond donors (Lipinski definition) is 4. The maximum atomic E-state index is 13.0. The van der Waals surface area contributed by atoms with Gasteiger partial charge in [0.2, 0.25) is 0 Å². The van der Waals surface area contributed by atoms with E-state index < -0.39 is 16.4 Å². The van der Waals surface area contributed by atoms with Gasteiger partial charge in [-0.2, -0.15) is 15.4 Å². The molecule has 35 heavy (non-hydrogen) atoms. The van der Waals surface area contributed by atoms with Gasteiger partial charge in [-0.25, -0.2) is 10.4 Å². The van der Waals surface area contributed by atoms with Crippen LogP contribution in [-0.4, -0.2) is 27.5 Å². The highest BCUT2D eigenvalue weighted by Gasteiger charge is 2.16. The highest BCUT2D eigenvalue weighted by molar-refractivity contribution is 7.07. The lowest BCUT2D eigenvalue weighted by Crippen LogP contribution is -2.99. The van der Waals surface area contributed by atoms with Gasteiger partial charge in [0.05, 0.1) is 18.0 Å². The second-order valence-corrected chi connectivity index (χ2v) is 8.16. The topological polar surface area (TPSA) is 139 Å². The molecule has 10 nitrogen and oxygen atoms in total. The molecule has 1 amide bonds. The maximum absolute atomic E-state index is 13.0. The van der Waals surface area contributed by atoms with Crippen LogP contribution in [0.2, 0.25) is 0 Å². The second-order valence-electron chi connectivity index (χ2n) is 7.33. The van der Waals surface area contributed by atoms with Crippen molar-refractivity contribution in [3.8, 4) is 22.7 Å². The zero-order chi connectivity index (χ0) is 24.9. The van der Waals surface area contributed by atoms with Crippen molar-refractivity contribution in [2.45, 2.75) is 6.92 Å². The molecule has 0 aliphatic heterocycles. The third-order valence-corrected chi connectivity index (χ3v) is 5.92. The van der Waals surface area contributed by atoms with Gasteiger partial charge in [0.1, 0.15) is 5.75 Å². The summed E-state index contributed by atoms with van der Waals surface area (Å²) < 4.78 is 7.57. The van der Waals surface area contributed by atoms with Crippen LogP contribution in [0.4, 0.5) is 11.4 Å². The minimum atomic E-state index is -1.14. The predicted octanol–water partition coefficient (Wildman–Crippen LogP) is 2.15. The predicted molar refractivity (Wildman–Crippen MR) is 128 cm³/mol. The molecule has 1 aromatic heterocycles. The van der Waals surface area contributed by atoms with Gasteiger partial charge < -0.3 is 15.2 Å². The van der Waals surface area contributed by atoms with Gasteiger partial charge >= 0.3 is 0 Å². The molecule has 0 saturated carbocycles. The smallest absolute Gasteiger partial charge is 0.279 e. The number of aromatic nitrogens is 1. The van der Waals surface area contributed by atoms with Crippen molar-refractivity contribution >= 4 is 28.6 Å². The van der Waals surface area contributed by atoms with E-state index in [0.717, 1.165) is 5.56 Å². The van der Waals surface area contributed by atoms with E-state index in [9.17, 15) is 25.6 Å². The molecule has 1 heterocycles. The summed E-state index contributed by atoms with van der Waals surface area (Å²) in [6, 6.07) is 19.4. The Bertz CT molecular complexity index is 1400. The van der Waals surface area contributed by atoms with E-state index in [1.165, 1.54) is 47.7 Å². The molecule has 0 radical (unpaired) electrons. The Kier molecular flexibility index (Phi) is 7.48. The standard InChI is InChI=1S/C24H22N4O6S/c1-2-34-22-9-4-3-8-20(22)26-21(16-10-12-18(13-11-16)27(30)31)15-35-24(26)25-23(29)17-6-5-7-19(14-17)28(32)33/h3-15,27-28,30,32H,2H2,1H3. The Hall–Kier alpha value is -3.68. The lowest BCUT2D eigenvalue weighted by Gasteiger charge is -2.15. The summed E-state index contributed by atoms with van der Waals surface area (Å²) in [5.41, 5.74) is 2.35. The number of thiazole rings is 1. The molecule has 2 unspecified atom stereocenters. The van der Waals surface area contributed by atoms with Crippen molar-refractivity contribution in [2.24, 2.45) is 4.99 Å². The molecule has 4 rings (SSSR count). The van der Waals surface area contributed by atoms with Crippen LogP contribution in [0.1, 0.15) is 17.3 Å². The Balaban J connectivity index is 1.89. The van der Waals surface area contributed by atoms with E-state index in [4.69, 9.17) is 4.74 Å². The summed E-state index contributed by atoms with van der Waals surface area (Å²) in [5, 5.41) is 40.7. The number of carbonyl (C=O) groups excluding carboxylic acids is 1. The van der Waals surface area contributed by atoms with Crippen LogP contribution in [-0.2, 0) is 0 Å². The highest BCUT2D eigenvalue weighted by atomic mass is 32.1. The number of hydrogen-bond acceptors (Lipinski definition) is 7. The Morgan fingerprint density at radius 3 is 2.40 bits per heavy atom. The molecule has 0 fully saturated rings. The Morgan fingerprint density at radius 1 is 1.00 bits per heavy atom. The van der Waals surface area contributed by atoms with E-state index in [1.807, 2.05) is 36.6 Å². The van der Waals surface area contributed by atoms with Crippen LogP contribution < -0.4 is 20.0 Å². The van der Waals surface area contributed by atoms with E-state index in [1.54, 1.807) is 16.7 Å². The highest BCUT2D eigenvalue weighted by Crippen LogP contribution is 2.29. The third-order valence-electron chi connectivity index (χ3n) is 5.10. The molecule has 2 atom stereocenters. The van der Waals surface area contributed by atoms with Gasteiger partial charge in [-0.15, -0.1) is 11.3 Å². The molecule has 0 bridgehead atoms. The van der Waals surface area contributed by atoms with Gasteiger partial charge in [0.15, 0.2) is 16.2 Å². The number of ether oxygens (including phenoxy) is 1. The summed E-state index contributed by atoms with van der Waals surface area (Å²) in [4.78, 5) is 17.6. The average molecular weight is 495 g/mol. The normalized spacial score (nSPS) is 13.5. The van der Waals surface area contributed by atoms with Crippen LogP contribution in [0, 0.1) is 10.4 Å². The van der Waals surface area contributed by atoms with Gasteiger partial charge in [0.25, 0.3) is 5.91 Å². The first kappa shape index (κ1) is 24.4. The summed E-state index contributed by atoms with van der Waals surface area (Å²) in [6.07, 6.45) is 0. The van der Waals surface area contributed by atoms with E-state index in [-0.39, 0.29) is 16.9 Å². The molecule has 180 valence electrons. The molecule has 0 saturated heterocycles. The molecule has 4 N–H and O–H groups in total. The van der Waals surface area contributed by atoms with Crippen molar-refractivity contribution in [1.82, 2.24) is 4.57 Å². The second kappa shape index (κ2) is 10.7. The molecule has 0 aliphatic carbocycles. The quantitative estimate of drug-likeness (QED) is 0.290. The van der Waals surface area contributed by atoms with Crippen LogP contribution in [0.25, 0.3) is 16.9 Å². The molecule has 11 heteroatoms. The largest absolute Gasteiger partial charge is 0.595 e. The van der Waals surface area contributed by atoms with Crippen molar-refractivity contribution in [1.29, 1.82) is 0 Å². The number of para-hydroxylation sites is 2. The van der Waals surface area contributed by atoms with Crippen LogP contribution in [0.3, 0.4) is 0 Å². The molecule has 0 spiro atoms. The average Bonchev–Trinajstić information content (AvgIpc) is 3.27. The zero-order valence-corrected chi connectivity index (χ0v) is 19.4. The first-order valence-electron chi connectivity index (χ1n) is 10.6. The number of nitrogens with zero attached hydrogens (tertiary/aromatic N) is 2. The van der Waals surface area contributed by atoms with Crippen molar-refractivity contribution in [3.63, 3.8) is 0 Å².